The van der Waals surface area contributed by atoms with Crippen molar-refractivity contribution in [2.24, 2.45) is 0 Å². The molecule has 1 aromatic carbocycles. The van der Waals surface area contributed by atoms with Crippen molar-refractivity contribution < 1.29 is 0 Å². The van der Waals surface area contributed by atoms with Crippen molar-refractivity contribution in [3.05, 3.63) is 28.2 Å². The maximum atomic E-state index is 3.74. The molecule has 100 valence electrons. The average Bonchev–Trinajstić information content (AvgIpc) is 2.63. The first-order valence-corrected chi connectivity index (χ1v) is 8.78. The van der Waals surface area contributed by atoms with E-state index in [0.29, 0.717) is 6.04 Å². The van der Waals surface area contributed by atoms with Gasteiger partial charge in [-0.25, -0.2) is 0 Å². The molecule has 0 aliphatic carbocycles. The lowest BCUT2D eigenvalue weighted by Gasteiger charge is -2.32. The largest absolute Gasteiger partial charge is 0.368 e. The number of nitrogens with zero attached hydrogens (tertiary/aromatic N) is 1. The zero-order valence-corrected chi connectivity index (χ0v) is 14.1. The molecule has 18 heavy (non-hydrogen) atoms. The number of anilines is 1. The predicted octanol–water partition coefficient (Wildman–Crippen LogP) is 5.50. The zero-order chi connectivity index (χ0) is 13.0. The number of halogens is 2. The normalized spacial score (nSPS) is 20.8. The molecule has 1 saturated heterocycles. The number of hydrogen-bond donors (Lipinski definition) is 0. The Hall–Kier alpha value is -0.0200. The maximum Gasteiger partial charge on any atom is 0.0513 e. The molecule has 2 rings (SSSR count). The summed E-state index contributed by atoms with van der Waals surface area (Å²) in [4.78, 5) is 2.61. The average molecular weight is 375 g/mol. The van der Waals surface area contributed by atoms with Gasteiger partial charge in [0.25, 0.3) is 0 Å². The van der Waals surface area contributed by atoms with Crippen LogP contribution in [0, 0.1) is 0 Å². The fraction of sp³-hybridized carbons (Fsp3) is 0.600. The Kier molecular flexibility index (Phi) is 5.56. The van der Waals surface area contributed by atoms with Crippen molar-refractivity contribution in [2.45, 2.75) is 50.4 Å². The van der Waals surface area contributed by atoms with Crippen LogP contribution in [0.3, 0.4) is 0 Å². The second kappa shape index (κ2) is 6.95. The summed E-state index contributed by atoms with van der Waals surface area (Å²) < 4.78 is 1.24. The van der Waals surface area contributed by atoms with Crippen LogP contribution >= 0.6 is 31.9 Å². The van der Waals surface area contributed by atoms with Crippen molar-refractivity contribution in [1.29, 1.82) is 0 Å². The molecular formula is C15H21Br2N. The quantitative estimate of drug-likeness (QED) is 0.631. The summed E-state index contributed by atoms with van der Waals surface area (Å²) in [7, 11) is 0. The van der Waals surface area contributed by atoms with Crippen molar-refractivity contribution >= 4 is 37.5 Å². The van der Waals surface area contributed by atoms with Crippen LogP contribution in [0.1, 0.15) is 44.6 Å². The summed E-state index contributed by atoms with van der Waals surface area (Å²) in [5.74, 6) is 0. The standard InChI is InChI=1S/C15H21Br2N/c1-2-13-6-4-3-5-9-18(13)15-8-7-12(11-16)10-14(15)17/h7-8,10,13H,2-6,9,11H2,1H3. The Bertz CT molecular complexity index is 392. The monoisotopic (exact) mass is 373 g/mol. The molecule has 0 amide bonds. The molecule has 1 aliphatic rings. The molecule has 1 nitrogen and oxygen atoms in total. The molecule has 1 aromatic rings. The third-order valence-corrected chi connectivity index (χ3v) is 5.11. The van der Waals surface area contributed by atoms with Gasteiger partial charge in [0.1, 0.15) is 0 Å². The van der Waals surface area contributed by atoms with E-state index in [1.807, 2.05) is 0 Å². The molecule has 0 saturated carbocycles. The highest BCUT2D eigenvalue weighted by Crippen LogP contribution is 2.33. The Morgan fingerprint density at radius 1 is 1.28 bits per heavy atom. The summed E-state index contributed by atoms with van der Waals surface area (Å²) in [6.07, 6.45) is 6.66. The lowest BCUT2D eigenvalue weighted by Crippen LogP contribution is -2.34. The molecule has 1 aliphatic heterocycles. The topological polar surface area (TPSA) is 3.24 Å². The van der Waals surface area contributed by atoms with E-state index < -0.39 is 0 Å². The van der Waals surface area contributed by atoms with Crippen LogP contribution in [-0.2, 0) is 5.33 Å². The number of benzene rings is 1. The van der Waals surface area contributed by atoms with E-state index in [0.717, 1.165) is 5.33 Å². The van der Waals surface area contributed by atoms with Gasteiger partial charge in [0.05, 0.1) is 5.69 Å². The summed E-state index contributed by atoms with van der Waals surface area (Å²) in [6, 6.07) is 7.45. The second-order valence-corrected chi connectivity index (χ2v) is 6.44. The van der Waals surface area contributed by atoms with Crippen molar-refractivity contribution in [3.8, 4) is 0 Å². The van der Waals surface area contributed by atoms with Crippen LogP contribution in [0.4, 0.5) is 5.69 Å². The van der Waals surface area contributed by atoms with E-state index in [-0.39, 0.29) is 0 Å². The van der Waals surface area contributed by atoms with E-state index in [1.54, 1.807) is 0 Å². The Morgan fingerprint density at radius 2 is 2.11 bits per heavy atom. The number of hydrogen-bond acceptors (Lipinski definition) is 1. The van der Waals surface area contributed by atoms with Gasteiger partial charge in [-0.3, -0.25) is 0 Å². The van der Waals surface area contributed by atoms with Crippen LogP contribution in [0.2, 0.25) is 0 Å². The third-order valence-electron chi connectivity index (χ3n) is 3.82. The molecule has 1 atom stereocenters. The molecule has 1 heterocycles. The maximum absolute atomic E-state index is 3.74. The minimum Gasteiger partial charge on any atom is -0.368 e. The highest BCUT2D eigenvalue weighted by molar-refractivity contribution is 9.10. The van der Waals surface area contributed by atoms with Crippen LogP contribution < -0.4 is 4.90 Å². The first-order chi connectivity index (χ1) is 8.76. The van der Waals surface area contributed by atoms with Crippen LogP contribution in [0.5, 0.6) is 0 Å². The van der Waals surface area contributed by atoms with Gasteiger partial charge in [0.2, 0.25) is 0 Å². The fourth-order valence-corrected chi connectivity index (χ4v) is 3.79. The molecule has 0 bridgehead atoms. The van der Waals surface area contributed by atoms with Gasteiger partial charge in [-0.15, -0.1) is 0 Å². The summed E-state index contributed by atoms with van der Waals surface area (Å²) in [6.45, 7) is 3.51. The first kappa shape index (κ1) is 14.4. The lowest BCUT2D eigenvalue weighted by molar-refractivity contribution is 0.555. The van der Waals surface area contributed by atoms with Gasteiger partial charge >= 0.3 is 0 Å². The minimum absolute atomic E-state index is 0.707. The highest BCUT2D eigenvalue weighted by Gasteiger charge is 2.21. The Balaban J connectivity index is 2.27. The fourth-order valence-electron chi connectivity index (χ4n) is 2.79. The molecule has 3 heteroatoms. The number of alkyl halides is 1. The SMILES string of the molecule is CCC1CCCCCN1c1ccc(CBr)cc1Br. The Morgan fingerprint density at radius 3 is 2.78 bits per heavy atom. The van der Waals surface area contributed by atoms with Gasteiger partial charge in [0, 0.05) is 22.4 Å². The summed E-state index contributed by atoms with van der Waals surface area (Å²) >= 11 is 7.26. The van der Waals surface area contributed by atoms with Crippen LogP contribution in [0.25, 0.3) is 0 Å². The van der Waals surface area contributed by atoms with Gasteiger partial charge in [0.15, 0.2) is 0 Å². The molecule has 0 spiro atoms. The minimum atomic E-state index is 0.707. The molecular weight excluding hydrogens is 354 g/mol. The second-order valence-electron chi connectivity index (χ2n) is 5.02. The van der Waals surface area contributed by atoms with Gasteiger partial charge in [-0.1, -0.05) is 41.8 Å². The van der Waals surface area contributed by atoms with Gasteiger partial charge < -0.3 is 4.90 Å². The van der Waals surface area contributed by atoms with E-state index in [4.69, 9.17) is 0 Å². The highest BCUT2D eigenvalue weighted by atomic mass is 79.9. The number of rotatable bonds is 3. The van der Waals surface area contributed by atoms with Gasteiger partial charge in [-0.2, -0.15) is 0 Å². The molecule has 1 fully saturated rings. The molecule has 0 aromatic heterocycles. The van der Waals surface area contributed by atoms with E-state index in [9.17, 15) is 0 Å². The molecule has 0 radical (unpaired) electrons. The lowest BCUT2D eigenvalue weighted by atomic mass is 10.1. The summed E-state index contributed by atoms with van der Waals surface area (Å²) in [5, 5.41) is 0.920. The first-order valence-electron chi connectivity index (χ1n) is 6.87. The van der Waals surface area contributed by atoms with Crippen molar-refractivity contribution in [3.63, 3.8) is 0 Å². The van der Waals surface area contributed by atoms with Crippen LogP contribution in [-0.4, -0.2) is 12.6 Å². The zero-order valence-electron chi connectivity index (χ0n) is 11.0. The molecule has 0 N–H and O–H groups in total. The van der Waals surface area contributed by atoms with Crippen LogP contribution in [0.15, 0.2) is 22.7 Å². The third kappa shape index (κ3) is 3.30. The predicted molar refractivity (Wildman–Crippen MR) is 86.7 cm³/mol. The summed E-state index contributed by atoms with van der Waals surface area (Å²) in [5.41, 5.74) is 2.70. The van der Waals surface area contributed by atoms with E-state index in [1.165, 1.54) is 54.4 Å². The van der Waals surface area contributed by atoms with Gasteiger partial charge in [-0.05, 0) is 52.9 Å². The van der Waals surface area contributed by atoms with E-state index in [2.05, 4.69) is 61.9 Å². The van der Waals surface area contributed by atoms with Crippen molar-refractivity contribution in [2.75, 3.05) is 11.4 Å². The molecule has 1 unspecified atom stereocenters. The van der Waals surface area contributed by atoms with Crippen molar-refractivity contribution in [1.82, 2.24) is 0 Å². The van der Waals surface area contributed by atoms with E-state index >= 15 is 0 Å². The smallest absolute Gasteiger partial charge is 0.0513 e. The Labute approximate surface area is 127 Å².